The number of rotatable bonds is 87. The summed E-state index contributed by atoms with van der Waals surface area (Å²) in [5.74, 6) is -0.509. The van der Waals surface area contributed by atoms with Gasteiger partial charge in [0, 0.05) is 25.7 Å². The molecule has 0 saturated heterocycles. The van der Waals surface area contributed by atoms with Crippen LogP contribution in [0.25, 0.3) is 0 Å². The maximum Gasteiger partial charge on any atom is 0.472 e. The minimum absolute atomic E-state index is 0.106. The van der Waals surface area contributed by atoms with Gasteiger partial charge in [-0.2, -0.15) is 0 Å². The van der Waals surface area contributed by atoms with Crippen molar-refractivity contribution in [2.75, 3.05) is 39.6 Å². The normalized spacial score (nSPS) is 14.0. The molecule has 0 aromatic rings. The Kier molecular flexibility index (Phi) is 77.9. The Balaban J connectivity index is 5.21. The number of hydrogen-bond donors (Lipinski definition) is 3. The molecule has 0 rings (SSSR count). The smallest absolute Gasteiger partial charge is 0.462 e. The number of ether oxygens (including phenoxy) is 4. The van der Waals surface area contributed by atoms with Crippen LogP contribution >= 0.6 is 15.6 Å². The van der Waals surface area contributed by atoms with Crippen LogP contribution in [0.4, 0.5) is 0 Å². The molecule has 3 N–H and O–H groups in total. The number of aliphatic hydroxyl groups excluding tert-OH is 1. The van der Waals surface area contributed by atoms with Crippen molar-refractivity contribution < 1.29 is 80.2 Å². The van der Waals surface area contributed by atoms with Crippen LogP contribution in [0, 0.1) is 11.8 Å². The van der Waals surface area contributed by atoms with E-state index < -0.39 is 97.5 Å². The molecule has 17 nitrogen and oxygen atoms in total. The number of carbonyl (C=O) groups is 4. The zero-order valence-corrected chi connectivity index (χ0v) is 72.2. The number of hydrogen-bond acceptors (Lipinski definition) is 15. The number of unbranched alkanes of at least 4 members (excludes halogenated alkanes) is 56. The summed E-state index contributed by atoms with van der Waals surface area (Å²) in [4.78, 5) is 73.3. The molecule has 3 unspecified atom stereocenters. The van der Waals surface area contributed by atoms with Gasteiger partial charge in [-0.1, -0.05) is 420 Å². The van der Waals surface area contributed by atoms with Crippen molar-refractivity contribution >= 4 is 39.5 Å². The van der Waals surface area contributed by atoms with Crippen LogP contribution in [0.15, 0.2) is 0 Å². The molecule has 0 saturated carbocycles. The van der Waals surface area contributed by atoms with Crippen molar-refractivity contribution in [3.8, 4) is 0 Å². The molecule has 107 heavy (non-hydrogen) atoms. The maximum atomic E-state index is 13.2. The van der Waals surface area contributed by atoms with E-state index in [1.165, 1.54) is 289 Å². The van der Waals surface area contributed by atoms with E-state index in [0.717, 1.165) is 102 Å². The quantitative estimate of drug-likeness (QED) is 0.0222. The fourth-order valence-electron chi connectivity index (χ4n) is 13.7. The summed E-state index contributed by atoms with van der Waals surface area (Å²) in [5.41, 5.74) is 0. The van der Waals surface area contributed by atoms with Crippen molar-refractivity contribution in [2.45, 2.75) is 490 Å². The SMILES string of the molecule is CCCCCCCCCCCCCCCCCCCCCCCCC(=O)O[C@H](COC(=O)CCCCCCCCCCCCCCCCCCCCC(C)C)COP(=O)(O)OC[C@@H](O)COP(=O)(O)OC[C@@H](COC(=O)CCCCCCCCCCCCCC)OC(=O)CCCCCCCCCCC(C)CC. The Morgan fingerprint density at radius 2 is 0.477 bits per heavy atom. The van der Waals surface area contributed by atoms with E-state index >= 15 is 0 Å². The Labute approximate surface area is 658 Å². The first kappa shape index (κ1) is 105. The number of aliphatic hydroxyl groups is 1. The van der Waals surface area contributed by atoms with Gasteiger partial charge in [0.2, 0.25) is 0 Å². The standard InChI is InChI=1S/C88H172O17P2/c1-7-10-12-14-16-18-20-22-23-24-25-26-27-28-33-36-39-43-47-54-60-66-72-87(92)104-83(76-98-86(91)71-65-59-53-46-42-38-35-32-30-29-31-34-37-40-44-50-56-62-68-80(4)5)78-102-106(94,95)100-74-82(89)75-101-107(96,97)103-79-84(105-88(93)73-67-61-55-49-48-51-57-63-69-81(6)9-3)77-99-85(90)70-64-58-52-45-41-21-19-17-15-13-11-8-2/h80-84,89H,7-79H2,1-6H3,(H,94,95)(H,96,97)/t81?,82-,83-,84-/m1/s1. The summed E-state index contributed by atoms with van der Waals surface area (Å²) < 4.78 is 68.9. The van der Waals surface area contributed by atoms with E-state index in [2.05, 4.69) is 41.5 Å². The van der Waals surface area contributed by atoms with Crippen molar-refractivity contribution in [1.82, 2.24) is 0 Å². The molecule has 0 heterocycles. The number of phosphoric ester groups is 2. The van der Waals surface area contributed by atoms with E-state index in [-0.39, 0.29) is 25.7 Å². The predicted molar refractivity (Wildman–Crippen MR) is 442 cm³/mol. The molecule has 0 aromatic heterocycles. The molecular formula is C88H172O17P2. The molecule has 0 aliphatic heterocycles. The highest BCUT2D eigenvalue weighted by atomic mass is 31.2. The summed E-state index contributed by atoms with van der Waals surface area (Å²) in [7, 11) is -9.93. The molecule has 0 bridgehead atoms. The number of phosphoric acid groups is 2. The second-order valence-corrected chi connectivity index (χ2v) is 35.3. The molecule has 0 fully saturated rings. The van der Waals surface area contributed by atoms with Gasteiger partial charge in [-0.3, -0.25) is 37.3 Å². The van der Waals surface area contributed by atoms with Crippen LogP contribution in [-0.4, -0.2) is 96.7 Å². The third kappa shape index (κ3) is 80.5. The molecule has 6 atom stereocenters. The van der Waals surface area contributed by atoms with Crippen molar-refractivity contribution in [2.24, 2.45) is 11.8 Å². The zero-order valence-electron chi connectivity index (χ0n) is 70.5. The predicted octanol–water partition coefficient (Wildman–Crippen LogP) is 27.0. The summed E-state index contributed by atoms with van der Waals surface area (Å²) in [6, 6.07) is 0. The second kappa shape index (κ2) is 79.3. The average Bonchev–Trinajstić information content (AvgIpc) is 0.901. The molecule has 0 aliphatic rings. The third-order valence-electron chi connectivity index (χ3n) is 21.1. The fourth-order valence-corrected chi connectivity index (χ4v) is 15.3. The van der Waals surface area contributed by atoms with Crippen molar-refractivity contribution in [1.29, 1.82) is 0 Å². The average molecular weight is 1560 g/mol. The van der Waals surface area contributed by atoms with Gasteiger partial charge in [-0.25, -0.2) is 9.13 Å². The molecule has 19 heteroatoms. The minimum Gasteiger partial charge on any atom is -0.462 e. The van der Waals surface area contributed by atoms with Crippen LogP contribution in [0.2, 0.25) is 0 Å². The highest BCUT2D eigenvalue weighted by Gasteiger charge is 2.31. The Morgan fingerprint density at radius 3 is 0.710 bits per heavy atom. The molecule has 0 amide bonds. The van der Waals surface area contributed by atoms with Gasteiger partial charge in [-0.05, 0) is 37.5 Å². The summed E-state index contributed by atoms with van der Waals surface area (Å²) in [6.45, 7) is 9.71. The molecule has 0 aromatic carbocycles. The minimum atomic E-state index is -4.97. The van der Waals surface area contributed by atoms with Crippen LogP contribution in [0.3, 0.4) is 0 Å². The van der Waals surface area contributed by atoms with Crippen LogP contribution in [0.1, 0.15) is 472 Å². The van der Waals surface area contributed by atoms with E-state index in [0.29, 0.717) is 25.7 Å². The van der Waals surface area contributed by atoms with Crippen molar-refractivity contribution in [3.05, 3.63) is 0 Å². The van der Waals surface area contributed by atoms with Crippen LogP contribution < -0.4 is 0 Å². The lowest BCUT2D eigenvalue weighted by Gasteiger charge is -2.21. The van der Waals surface area contributed by atoms with E-state index in [1.807, 2.05) is 0 Å². The first-order chi connectivity index (χ1) is 51.9. The van der Waals surface area contributed by atoms with E-state index in [1.54, 1.807) is 0 Å². The zero-order chi connectivity index (χ0) is 78.5. The largest absolute Gasteiger partial charge is 0.472 e. The summed E-state index contributed by atoms with van der Waals surface area (Å²) in [6.07, 6.45) is 72.3. The lowest BCUT2D eigenvalue weighted by Crippen LogP contribution is -2.30. The first-order valence-electron chi connectivity index (χ1n) is 45.5. The van der Waals surface area contributed by atoms with E-state index in [9.17, 15) is 43.2 Å². The third-order valence-corrected chi connectivity index (χ3v) is 23.0. The topological polar surface area (TPSA) is 237 Å². The monoisotopic (exact) mass is 1560 g/mol. The lowest BCUT2D eigenvalue weighted by atomic mass is 9.99. The second-order valence-electron chi connectivity index (χ2n) is 32.4. The highest BCUT2D eigenvalue weighted by Crippen LogP contribution is 2.45. The van der Waals surface area contributed by atoms with Crippen LogP contribution in [-0.2, 0) is 65.4 Å². The van der Waals surface area contributed by atoms with Gasteiger partial charge >= 0.3 is 39.5 Å². The molecular weight excluding hydrogens is 1390 g/mol. The number of esters is 4. The highest BCUT2D eigenvalue weighted by molar-refractivity contribution is 7.47. The molecule has 0 aliphatic carbocycles. The van der Waals surface area contributed by atoms with Crippen molar-refractivity contribution in [3.63, 3.8) is 0 Å². The maximum absolute atomic E-state index is 13.2. The van der Waals surface area contributed by atoms with E-state index in [4.69, 9.17) is 37.0 Å². The Morgan fingerprint density at radius 1 is 0.271 bits per heavy atom. The molecule has 0 radical (unpaired) electrons. The van der Waals surface area contributed by atoms with Gasteiger partial charge in [0.1, 0.15) is 19.3 Å². The van der Waals surface area contributed by atoms with Gasteiger partial charge in [0.15, 0.2) is 12.2 Å². The van der Waals surface area contributed by atoms with Gasteiger partial charge in [0.05, 0.1) is 26.4 Å². The fraction of sp³-hybridized carbons (Fsp3) is 0.955. The molecule has 636 valence electrons. The first-order valence-corrected chi connectivity index (χ1v) is 48.5. The molecule has 0 spiro atoms. The number of carbonyl (C=O) groups excluding carboxylic acids is 4. The van der Waals surface area contributed by atoms with Gasteiger partial charge < -0.3 is 33.8 Å². The van der Waals surface area contributed by atoms with Crippen LogP contribution in [0.5, 0.6) is 0 Å². The summed E-state index contributed by atoms with van der Waals surface area (Å²) >= 11 is 0. The Hall–Kier alpha value is -1.94. The van der Waals surface area contributed by atoms with Gasteiger partial charge in [-0.15, -0.1) is 0 Å². The summed E-state index contributed by atoms with van der Waals surface area (Å²) in [5, 5.41) is 10.7. The van der Waals surface area contributed by atoms with Gasteiger partial charge in [0.25, 0.3) is 0 Å². The Bertz CT molecular complexity index is 2050. The lowest BCUT2D eigenvalue weighted by molar-refractivity contribution is -0.161.